The van der Waals surface area contributed by atoms with Gasteiger partial charge in [0.05, 0.1) is 12.6 Å². The highest BCUT2D eigenvalue weighted by Crippen LogP contribution is 2.26. The lowest BCUT2D eigenvalue weighted by atomic mass is 9.85. The molecule has 1 aliphatic rings. The van der Waals surface area contributed by atoms with Crippen LogP contribution >= 0.6 is 24.0 Å². The van der Waals surface area contributed by atoms with E-state index in [0.717, 1.165) is 31.0 Å². The van der Waals surface area contributed by atoms with Crippen molar-refractivity contribution in [2.75, 3.05) is 20.6 Å². The Morgan fingerprint density at radius 1 is 1.45 bits per heavy atom. The van der Waals surface area contributed by atoms with Gasteiger partial charge in [0.1, 0.15) is 0 Å². The number of hydrogen-bond donors (Lipinski definition) is 3. The summed E-state index contributed by atoms with van der Waals surface area (Å²) >= 11 is 0. The summed E-state index contributed by atoms with van der Waals surface area (Å²) in [6.07, 6.45) is 7.77. The number of guanidine groups is 1. The number of aliphatic imine (C=N–C) groups is 1. The number of rotatable bonds is 5. The van der Waals surface area contributed by atoms with Crippen molar-refractivity contribution in [3.8, 4) is 0 Å². The average molecular weight is 420 g/mol. The van der Waals surface area contributed by atoms with E-state index in [9.17, 15) is 5.11 Å². The van der Waals surface area contributed by atoms with Crippen molar-refractivity contribution in [1.29, 1.82) is 0 Å². The molecule has 0 spiro atoms. The molecule has 1 heterocycles. The number of halogens is 1. The maximum absolute atomic E-state index is 10.3. The number of hydrogen-bond acceptors (Lipinski definition) is 2. The van der Waals surface area contributed by atoms with Gasteiger partial charge in [-0.2, -0.15) is 0 Å². The van der Waals surface area contributed by atoms with Crippen LogP contribution in [0.4, 0.5) is 0 Å². The lowest BCUT2D eigenvalue weighted by molar-refractivity contribution is 0.0874. The third kappa shape index (κ3) is 5.79. The van der Waals surface area contributed by atoms with Gasteiger partial charge in [0.25, 0.3) is 0 Å². The summed E-state index contributed by atoms with van der Waals surface area (Å²) in [5.74, 6) is 1.26. The molecule has 0 amide bonds. The number of aromatic nitrogens is 1. The summed E-state index contributed by atoms with van der Waals surface area (Å²) in [7, 11) is 3.78. The molecule has 22 heavy (non-hydrogen) atoms. The maximum Gasteiger partial charge on any atom is 0.193 e. The van der Waals surface area contributed by atoms with Crippen LogP contribution in [0.3, 0.4) is 0 Å². The minimum absolute atomic E-state index is 0. The quantitative estimate of drug-likeness (QED) is 0.390. The first kappa shape index (κ1) is 19.3. The van der Waals surface area contributed by atoms with Crippen molar-refractivity contribution < 1.29 is 5.11 Å². The monoisotopic (exact) mass is 420 g/mol. The molecular formula is C16H29IN4O. The second-order valence-corrected chi connectivity index (χ2v) is 5.94. The summed E-state index contributed by atoms with van der Waals surface area (Å²) < 4.78 is 0. The van der Waals surface area contributed by atoms with Gasteiger partial charge < -0.3 is 20.3 Å². The molecule has 3 N–H and O–H groups in total. The first-order valence-electron chi connectivity index (χ1n) is 7.93. The van der Waals surface area contributed by atoms with Crippen LogP contribution in [0.1, 0.15) is 37.8 Å². The minimum Gasteiger partial charge on any atom is -0.391 e. The van der Waals surface area contributed by atoms with Crippen LogP contribution in [0.5, 0.6) is 0 Å². The Hall–Kier alpha value is -0.760. The van der Waals surface area contributed by atoms with Crippen molar-refractivity contribution in [3.63, 3.8) is 0 Å². The zero-order valence-electron chi connectivity index (χ0n) is 13.6. The van der Waals surface area contributed by atoms with Crippen LogP contribution in [0.25, 0.3) is 0 Å². The summed E-state index contributed by atoms with van der Waals surface area (Å²) in [4.78, 5) is 9.54. The van der Waals surface area contributed by atoms with Crippen molar-refractivity contribution in [1.82, 2.24) is 15.2 Å². The molecule has 6 heteroatoms. The average Bonchev–Trinajstić information content (AvgIpc) is 3.01. The molecule has 0 bridgehead atoms. The second kappa shape index (κ2) is 10.1. The predicted octanol–water partition coefficient (Wildman–Crippen LogP) is 2.58. The van der Waals surface area contributed by atoms with Crippen LogP contribution in [-0.2, 0) is 6.54 Å². The second-order valence-electron chi connectivity index (χ2n) is 5.94. The Labute approximate surface area is 150 Å². The van der Waals surface area contributed by atoms with E-state index in [1.54, 1.807) is 7.05 Å². The molecule has 0 radical (unpaired) electrons. The van der Waals surface area contributed by atoms with E-state index in [1.807, 2.05) is 19.3 Å². The van der Waals surface area contributed by atoms with Gasteiger partial charge in [-0.15, -0.1) is 24.0 Å². The summed E-state index contributed by atoms with van der Waals surface area (Å²) in [6.45, 7) is 1.35. The van der Waals surface area contributed by atoms with Crippen LogP contribution in [0.15, 0.2) is 23.3 Å². The highest BCUT2D eigenvalue weighted by Gasteiger charge is 2.22. The molecule has 5 nitrogen and oxygen atoms in total. The van der Waals surface area contributed by atoms with Crippen molar-refractivity contribution in [3.05, 3.63) is 24.0 Å². The zero-order chi connectivity index (χ0) is 15.1. The Balaban J connectivity index is 0.00000242. The lowest BCUT2D eigenvalue weighted by Gasteiger charge is -2.28. The molecule has 0 aliphatic heterocycles. The number of H-pyrrole nitrogens is 1. The van der Waals surface area contributed by atoms with Crippen molar-refractivity contribution in [2.45, 2.75) is 44.8 Å². The van der Waals surface area contributed by atoms with Gasteiger partial charge in [0.15, 0.2) is 5.96 Å². The lowest BCUT2D eigenvalue weighted by Crippen LogP contribution is -2.43. The van der Waals surface area contributed by atoms with Crippen molar-refractivity contribution >= 4 is 29.9 Å². The van der Waals surface area contributed by atoms with E-state index in [4.69, 9.17) is 0 Å². The maximum atomic E-state index is 10.3. The van der Waals surface area contributed by atoms with Gasteiger partial charge in [-0.3, -0.25) is 4.99 Å². The molecule has 1 unspecified atom stereocenters. The number of nitrogens with one attached hydrogen (secondary N) is 2. The van der Waals surface area contributed by atoms with E-state index in [-0.39, 0.29) is 30.1 Å². The van der Waals surface area contributed by atoms with Gasteiger partial charge in [0.2, 0.25) is 0 Å². The molecule has 1 fully saturated rings. The van der Waals surface area contributed by atoms with Gasteiger partial charge in [-0.05, 0) is 30.9 Å². The Morgan fingerprint density at radius 3 is 2.77 bits per heavy atom. The smallest absolute Gasteiger partial charge is 0.193 e. The molecule has 2 rings (SSSR count). The molecular weight excluding hydrogens is 391 g/mol. The fraction of sp³-hybridized carbons (Fsp3) is 0.688. The van der Waals surface area contributed by atoms with Gasteiger partial charge in [0, 0.05) is 32.5 Å². The fourth-order valence-electron chi connectivity index (χ4n) is 3.06. The van der Waals surface area contributed by atoms with Crippen LogP contribution < -0.4 is 5.32 Å². The minimum atomic E-state index is -0.277. The highest BCUT2D eigenvalue weighted by atomic mass is 127. The fourth-order valence-corrected chi connectivity index (χ4v) is 3.06. The molecule has 1 aromatic heterocycles. The van der Waals surface area contributed by atoms with Crippen LogP contribution in [-0.4, -0.2) is 47.7 Å². The molecule has 126 valence electrons. The Bertz CT molecular complexity index is 429. The zero-order valence-corrected chi connectivity index (χ0v) is 15.9. The van der Waals surface area contributed by atoms with Gasteiger partial charge in [-0.1, -0.05) is 19.3 Å². The predicted molar refractivity (Wildman–Crippen MR) is 102 cm³/mol. The number of aliphatic hydroxyl groups excluding tert-OH is 1. The number of aliphatic hydroxyl groups is 1. The molecule has 0 saturated heterocycles. The first-order valence-corrected chi connectivity index (χ1v) is 7.93. The van der Waals surface area contributed by atoms with Gasteiger partial charge >= 0.3 is 0 Å². The molecule has 1 aromatic rings. The number of aromatic amines is 1. The van der Waals surface area contributed by atoms with E-state index < -0.39 is 0 Å². The Morgan fingerprint density at radius 2 is 2.18 bits per heavy atom. The molecule has 1 saturated carbocycles. The molecule has 1 atom stereocenters. The summed E-state index contributed by atoms with van der Waals surface area (Å²) in [5.41, 5.74) is 1.15. The third-order valence-electron chi connectivity index (χ3n) is 4.31. The summed E-state index contributed by atoms with van der Waals surface area (Å²) in [5, 5.41) is 13.6. The Kier molecular flexibility index (Phi) is 8.85. The van der Waals surface area contributed by atoms with E-state index in [0.29, 0.717) is 12.5 Å². The van der Waals surface area contributed by atoms with E-state index in [2.05, 4.69) is 26.3 Å². The van der Waals surface area contributed by atoms with Crippen LogP contribution in [0, 0.1) is 5.92 Å². The molecule has 1 aliphatic carbocycles. The molecule has 0 aromatic carbocycles. The van der Waals surface area contributed by atoms with Gasteiger partial charge in [-0.25, -0.2) is 0 Å². The largest absolute Gasteiger partial charge is 0.391 e. The van der Waals surface area contributed by atoms with E-state index in [1.165, 1.54) is 19.3 Å². The van der Waals surface area contributed by atoms with Crippen LogP contribution in [0.2, 0.25) is 0 Å². The first-order chi connectivity index (χ1) is 10.2. The highest BCUT2D eigenvalue weighted by molar-refractivity contribution is 14.0. The number of nitrogens with zero attached hydrogens (tertiary/aromatic N) is 2. The van der Waals surface area contributed by atoms with Crippen molar-refractivity contribution in [2.24, 2.45) is 10.9 Å². The topological polar surface area (TPSA) is 63.7 Å². The normalized spacial score (nSPS) is 17.7. The SMILES string of the molecule is CN=C(NCC(O)C1CCCCC1)N(C)Cc1ccc[nH]1.I. The van der Waals surface area contributed by atoms with E-state index >= 15 is 0 Å². The third-order valence-corrected chi connectivity index (χ3v) is 4.31. The summed E-state index contributed by atoms with van der Waals surface area (Å²) in [6, 6.07) is 4.05. The standard InChI is InChI=1S/C16H28N4O.HI/c1-17-16(20(2)12-14-9-6-10-18-14)19-11-15(21)13-7-4-3-5-8-13;/h6,9-10,13,15,18,21H,3-5,7-8,11-12H2,1-2H3,(H,17,19);1H.